The van der Waals surface area contributed by atoms with Gasteiger partial charge in [0.15, 0.2) is 17.3 Å². The fourth-order valence-electron chi connectivity index (χ4n) is 2.68. The second kappa shape index (κ2) is 5.56. The van der Waals surface area contributed by atoms with E-state index in [0.29, 0.717) is 34.6 Å². The number of ketones is 1. The Kier molecular flexibility index (Phi) is 3.59. The number of methoxy groups -OCH3 is 2. The molecule has 0 spiro atoms. The molecule has 0 unspecified atom stereocenters. The molecule has 0 aromatic heterocycles. The van der Waals surface area contributed by atoms with Gasteiger partial charge in [0.2, 0.25) is 0 Å². The van der Waals surface area contributed by atoms with E-state index in [4.69, 9.17) is 9.47 Å². The minimum atomic E-state index is -0.0410. The van der Waals surface area contributed by atoms with Gasteiger partial charge in [-0.1, -0.05) is 18.2 Å². The highest BCUT2D eigenvalue weighted by Gasteiger charge is 2.26. The van der Waals surface area contributed by atoms with Gasteiger partial charge in [0.1, 0.15) is 5.75 Å². The van der Waals surface area contributed by atoms with Crippen LogP contribution in [0.15, 0.2) is 42.0 Å². The number of hydrogen-bond acceptors (Lipinski definition) is 4. The van der Waals surface area contributed by atoms with Crippen molar-refractivity contribution in [3.05, 3.63) is 58.7 Å². The maximum Gasteiger partial charge on any atom is 0.189 e. The third-order valence-electron chi connectivity index (χ3n) is 3.80. The zero-order valence-electron chi connectivity index (χ0n) is 12.4. The number of hydrogen-bond donors (Lipinski definition) is 1. The van der Waals surface area contributed by atoms with Crippen LogP contribution in [0.4, 0.5) is 0 Å². The molecule has 0 fully saturated rings. The highest BCUT2D eigenvalue weighted by molar-refractivity contribution is 6.16. The Labute approximate surface area is 128 Å². The molecular formula is C18H16O4. The summed E-state index contributed by atoms with van der Waals surface area (Å²) >= 11 is 0. The number of phenols is 1. The van der Waals surface area contributed by atoms with E-state index in [1.165, 1.54) is 0 Å². The first kappa shape index (κ1) is 14.2. The fraction of sp³-hybridized carbons (Fsp3) is 0.167. The molecule has 2 aromatic rings. The smallest absolute Gasteiger partial charge is 0.189 e. The van der Waals surface area contributed by atoms with E-state index in [9.17, 15) is 9.90 Å². The van der Waals surface area contributed by atoms with Crippen LogP contribution in [-0.4, -0.2) is 25.1 Å². The van der Waals surface area contributed by atoms with Crippen molar-refractivity contribution < 1.29 is 19.4 Å². The molecule has 0 bridgehead atoms. The third kappa shape index (κ3) is 2.33. The van der Waals surface area contributed by atoms with E-state index in [-0.39, 0.29) is 11.5 Å². The summed E-state index contributed by atoms with van der Waals surface area (Å²) in [5.41, 5.74) is 2.78. The van der Waals surface area contributed by atoms with Crippen LogP contribution in [0.25, 0.3) is 6.08 Å². The second-order valence-corrected chi connectivity index (χ2v) is 5.09. The molecule has 1 aliphatic rings. The molecule has 22 heavy (non-hydrogen) atoms. The summed E-state index contributed by atoms with van der Waals surface area (Å²) < 4.78 is 10.5. The lowest BCUT2D eigenvalue weighted by Crippen LogP contribution is -1.95. The summed E-state index contributed by atoms with van der Waals surface area (Å²) in [6, 6.07) is 10.5. The Balaban J connectivity index is 1.98. The van der Waals surface area contributed by atoms with Crippen LogP contribution in [0.3, 0.4) is 0 Å². The maximum atomic E-state index is 12.4. The van der Waals surface area contributed by atoms with Crippen molar-refractivity contribution >= 4 is 11.9 Å². The number of allylic oxidation sites excluding steroid dienone is 1. The summed E-state index contributed by atoms with van der Waals surface area (Å²) in [6.07, 6.45) is 2.26. The third-order valence-corrected chi connectivity index (χ3v) is 3.80. The van der Waals surface area contributed by atoms with E-state index >= 15 is 0 Å². The number of carbonyl (C=O) groups excluding carboxylic acids is 1. The van der Waals surface area contributed by atoms with Crippen LogP contribution in [0, 0.1) is 0 Å². The molecule has 2 aromatic carbocycles. The van der Waals surface area contributed by atoms with Crippen LogP contribution >= 0.6 is 0 Å². The standard InChI is InChI=1S/C18H16O4/c1-21-16-7-6-11(9-17(16)22-2)8-12-10-14-13(18(12)20)4-3-5-15(14)19/h3-9,19H,10H2,1-2H3. The first-order valence-corrected chi connectivity index (χ1v) is 6.92. The molecule has 112 valence electrons. The number of carbonyl (C=O) groups is 1. The van der Waals surface area contributed by atoms with Crippen molar-refractivity contribution in [3.8, 4) is 17.2 Å². The Hall–Kier alpha value is -2.75. The molecule has 0 heterocycles. The fourth-order valence-corrected chi connectivity index (χ4v) is 2.68. The lowest BCUT2D eigenvalue weighted by atomic mass is 10.1. The Bertz CT molecular complexity index is 775. The van der Waals surface area contributed by atoms with E-state index < -0.39 is 0 Å². The van der Waals surface area contributed by atoms with Gasteiger partial charge in [-0.05, 0) is 29.8 Å². The van der Waals surface area contributed by atoms with Crippen molar-refractivity contribution in [2.75, 3.05) is 14.2 Å². The number of fused-ring (bicyclic) bond motifs is 1. The lowest BCUT2D eigenvalue weighted by molar-refractivity contribution is 0.104. The summed E-state index contributed by atoms with van der Waals surface area (Å²) in [4.78, 5) is 12.4. The predicted molar refractivity (Wildman–Crippen MR) is 83.7 cm³/mol. The second-order valence-electron chi connectivity index (χ2n) is 5.09. The molecule has 1 N–H and O–H groups in total. The molecule has 0 saturated carbocycles. The van der Waals surface area contributed by atoms with Crippen LogP contribution in [0.2, 0.25) is 0 Å². The Morgan fingerprint density at radius 1 is 1.09 bits per heavy atom. The number of Topliss-reactive ketones (excluding diaryl/α,β-unsaturated/α-hetero) is 1. The van der Waals surface area contributed by atoms with Gasteiger partial charge in [-0.3, -0.25) is 4.79 Å². The Morgan fingerprint density at radius 3 is 2.55 bits per heavy atom. The molecule has 0 saturated heterocycles. The van der Waals surface area contributed by atoms with Gasteiger partial charge in [0.25, 0.3) is 0 Å². The number of rotatable bonds is 3. The number of aromatic hydroxyl groups is 1. The van der Waals surface area contributed by atoms with Gasteiger partial charge >= 0.3 is 0 Å². The highest BCUT2D eigenvalue weighted by Crippen LogP contribution is 2.34. The molecular weight excluding hydrogens is 280 g/mol. The molecule has 0 radical (unpaired) electrons. The molecule has 1 aliphatic carbocycles. The highest BCUT2D eigenvalue weighted by atomic mass is 16.5. The van der Waals surface area contributed by atoms with Crippen LogP contribution in [-0.2, 0) is 6.42 Å². The van der Waals surface area contributed by atoms with Crippen LogP contribution < -0.4 is 9.47 Å². The van der Waals surface area contributed by atoms with Gasteiger partial charge in [-0.15, -0.1) is 0 Å². The molecule has 0 amide bonds. The van der Waals surface area contributed by atoms with Gasteiger partial charge < -0.3 is 14.6 Å². The van der Waals surface area contributed by atoms with Crippen LogP contribution in [0.5, 0.6) is 17.2 Å². The monoisotopic (exact) mass is 296 g/mol. The van der Waals surface area contributed by atoms with Crippen molar-refractivity contribution in [1.82, 2.24) is 0 Å². The lowest BCUT2D eigenvalue weighted by Gasteiger charge is -2.08. The average molecular weight is 296 g/mol. The molecule has 4 nitrogen and oxygen atoms in total. The van der Waals surface area contributed by atoms with Crippen molar-refractivity contribution in [1.29, 1.82) is 0 Å². The normalized spacial score (nSPS) is 15.0. The first-order valence-electron chi connectivity index (χ1n) is 6.92. The largest absolute Gasteiger partial charge is 0.508 e. The SMILES string of the molecule is COc1ccc(C=C2Cc3c(O)cccc3C2=O)cc1OC. The van der Waals surface area contributed by atoms with Crippen molar-refractivity contribution in [2.45, 2.75) is 6.42 Å². The zero-order chi connectivity index (χ0) is 15.7. The summed E-state index contributed by atoms with van der Waals surface area (Å²) in [6.45, 7) is 0. The van der Waals surface area contributed by atoms with Gasteiger partial charge in [-0.2, -0.15) is 0 Å². The number of benzene rings is 2. The first-order chi connectivity index (χ1) is 10.6. The molecule has 0 aliphatic heterocycles. The van der Waals surface area contributed by atoms with E-state index in [2.05, 4.69) is 0 Å². The molecule has 0 atom stereocenters. The minimum Gasteiger partial charge on any atom is -0.508 e. The van der Waals surface area contributed by atoms with E-state index in [1.807, 2.05) is 18.2 Å². The quantitative estimate of drug-likeness (QED) is 0.884. The number of ether oxygens (including phenoxy) is 2. The zero-order valence-corrected chi connectivity index (χ0v) is 12.4. The van der Waals surface area contributed by atoms with Gasteiger partial charge in [0.05, 0.1) is 14.2 Å². The van der Waals surface area contributed by atoms with E-state index in [1.54, 1.807) is 38.5 Å². The van der Waals surface area contributed by atoms with Gasteiger partial charge in [-0.25, -0.2) is 0 Å². The van der Waals surface area contributed by atoms with Crippen LogP contribution in [0.1, 0.15) is 21.5 Å². The van der Waals surface area contributed by atoms with Crippen molar-refractivity contribution in [3.63, 3.8) is 0 Å². The molecule has 3 rings (SSSR count). The predicted octanol–water partition coefficient (Wildman–Crippen LogP) is 3.23. The summed E-state index contributed by atoms with van der Waals surface area (Å²) in [5.74, 6) is 1.38. The molecule has 4 heteroatoms. The van der Waals surface area contributed by atoms with Crippen molar-refractivity contribution in [2.24, 2.45) is 0 Å². The average Bonchev–Trinajstić information content (AvgIpc) is 2.85. The maximum absolute atomic E-state index is 12.4. The van der Waals surface area contributed by atoms with Gasteiger partial charge in [0, 0.05) is 23.1 Å². The number of phenolic OH excluding ortho intramolecular Hbond substituents is 1. The summed E-state index contributed by atoms with van der Waals surface area (Å²) in [5, 5.41) is 9.87. The minimum absolute atomic E-state index is 0.0410. The van der Waals surface area contributed by atoms with E-state index in [0.717, 1.165) is 5.56 Å². The Morgan fingerprint density at radius 2 is 1.86 bits per heavy atom. The summed E-state index contributed by atoms with van der Waals surface area (Å²) in [7, 11) is 3.15. The topological polar surface area (TPSA) is 55.8 Å².